The highest BCUT2D eigenvalue weighted by molar-refractivity contribution is 7.99. The number of piperidine rings is 1. The van der Waals surface area contributed by atoms with E-state index in [4.69, 9.17) is 11.6 Å². The molecule has 0 unspecified atom stereocenters. The summed E-state index contributed by atoms with van der Waals surface area (Å²) >= 11 is 7.47. The van der Waals surface area contributed by atoms with Crippen molar-refractivity contribution in [2.24, 2.45) is 0 Å². The summed E-state index contributed by atoms with van der Waals surface area (Å²) in [5.74, 6) is 0.296. The van der Waals surface area contributed by atoms with Gasteiger partial charge in [-0.2, -0.15) is 4.31 Å². The maximum atomic E-state index is 12.9. The highest BCUT2D eigenvalue weighted by atomic mass is 35.5. The van der Waals surface area contributed by atoms with Crippen LogP contribution in [0.3, 0.4) is 0 Å². The fraction of sp³-hybridized carbons (Fsp3) is 0.421. The monoisotopic (exact) mass is 454 g/mol. The van der Waals surface area contributed by atoms with Crippen LogP contribution in [0.4, 0.5) is 5.69 Å². The first-order valence-corrected chi connectivity index (χ1v) is 12.2. The molecule has 2 aromatic rings. The average molecular weight is 455 g/mol. The minimum absolute atomic E-state index is 0.0109. The van der Waals surface area contributed by atoms with Crippen molar-refractivity contribution in [3.63, 3.8) is 0 Å². The Morgan fingerprint density at radius 3 is 2.69 bits per heavy atom. The minimum atomic E-state index is -3.55. The van der Waals surface area contributed by atoms with Crippen molar-refractivity contribution in [2.45, 2.75) is 49.2 Å². The number of sulfonamides is 1. The Hall–Kier alpha value is -1.68. The highest BCUT2D eigenvalue weighted by Crippen LogP contribution is 2.26. The summed E-state index contributed by atoms with van der Waals surface area (Å²) < 4.78 is 27.3. The number of thioether (sulfide) groups is 1. The number of nitrogens with one attached hydrogen (secondary N) is 1. The summed E-state index contributed by atoms with van der Waals surface area (Å²) in [5.41, 5.74) is 0.538. The zero-order valence-corrected chi connectivity index (χ0v) is 18.6. The molecule has 29 heavy (non-hydrogen) atoms. The van der Waals surface area contributed by atoms with Gasteiger partial charge in [-0.3, -0.25) is 4.79 Å². The molecule has 2 heterocycles. The van der Waals surface area contributed by atoms with E-state index >= 15 is 0 Å². The lowest BCUT2D eigenvalue weighted by atomic mass is 10.1. The van der Waals surface area contributed by atoms with E-state index in [1.807, 2.05) is 13.8 Å². The molecule has 1 N–H and O–H groups in total. The number of amides is 1. The normalized spacial score (nSPS) is 17.8. The van der Waals surface area contributed by atoms with Crippen LogP contribution in [0.2, 0.25) is 5.02 Å². The van der Waals surface area contributed by atoms with Crippen LogP contribution >= 0.6 is 23.4 Å². The molecule has 0 spiro atoms. The van der Waals surface area contributed by atoms with E-state index in [9.17, 15) is 13.2 Å². The van der Waals surface area contributed by atoms with Gasteiger partial charge in [0.25, 0.3) is 5.91 Å². The Bertz CT molecular complexity index is 983. The molecule has 0 saturated carbocycles. The molecule has 7 nitrogen and oxygen atoms in total. The van der Waals surface area contributed by atoms with Crippen molar-refractivity contribution < 1.29 is 13.2 Å². The minimum Gasteiger partial charge on any atom is -0.321 e. The van der Waals surface area contributed by atoms with Gasteiger partial charge >= 0.3 is 0 Å². The molecule has 1 atom stereocenters. The third-order valence-corrected chi connectivity index (χ3v) is 7.72. The van der Waals surface area contributed by atoms with Crippen molar-refractivity contribution >= 4 is 45.0 Å². The molecule has 0 aliphatic carbocycles. The predicted octanol–water partition coefficient (Wildman–Crippen LogP) is 4.06. The van der Waals surface area contributed by atoms with Crippen LogP contribution in [-0.4, -0.2) is 46.9 Å². The van der Waals surface area contributed by atoms with Crippen LogP contribution in [0.25, 0.3) is 0 Å². The number of anilines is 1. The third-order valence-electron chi connectivity index (χ3n) is 4.67. The maximum absolute atomic E-state index is 12.9. The smallest absolute Gasteiger partial charge is 0.275 e. The summed E-state index contributed by atoms with van der Waals surface area (Å²) in [6, 6.07) is 6.13. The van der Waals surface area contributed by atoms with Crippen molar-refractivity contribution in [3.05, 3.63) is 41.2 Å². The average Bonchev–Trinajstić information content (AvgIpc) is 2.70. The molecule has 0 radical (unpaired) electrons. The van der Waals surface area contributed by atoms with Crippen LogP contribution in [-0.2, 0) is 10.0 Å². The molecule has 1 fully saturated rings. The lowest BCUT2D eigenvalue weighted by Crippen LogP contribution is -2.41. The number of hydrogen-bond donors (Lipinski definition) is 1. The molecule has 10 heteroatoms. The molecular formula is C19H23ClN4O3S2. The molecule has 1 aromatic carbocycles. The molecule has 1 aliphatic heterocycles. The maximum Gasteiger partial charge on any atom is 0.275 e. The molecule has 1 amide bonds. The summed E-state index contributed by atoms with van der Waals surface area (Å²) in [5, 5.41) is 3.33. The topological polar surface area (TPSA) is 92.3 Å². The number of benzene rings is 1. The number of carbonyl (C=O) groups is 1. The summed E-state index contributed by atoms with van der Waals surface area (Å²) in [6.45, 7) is 4.43. The second kappa shape index (κ2) is 9.42. The van der Waals surface area contributed by atoms with E-state index < -0.39 is 15.9 Å². The van der Waals surface area contributed by atoms with E-state index in [0.717, 1.165) is 25.0 Å². The Morgan fingerprint density at radius 2 is 2.03 bits per heavy atom. The lowest BCUT2D eigenvalue weighted by molar-refractivity contribution is 0.102. The number of hydrogen-bond acceptors (Lipinski definition) is 6. The first-order valence-electron chi connectivity index (χ1n) is 9.41. The highest BCUT2D eigenvalue weighted by Gasteiger charge is 2.30. The van der Waals surface area contributed by atoms with Gasteiger partial charge in [-0.1, -0.05) is 36.7 Å². The molecule has 0 bridgehead atoms. The predicted molar refractivity (Wildman–Crippen MR) is 115 cm³/mol. The van der Waals surface area contributed by atoms with Gasteiger partial charge in [0, 0.05) is 18.3 Å². The fourth-order valence-corrected chi connectivity index (χ4v) is 5.59. The van der Waals surface area contributed by atoms with Gasteiger partial charge in [-0.15, -0.1) is 0 Å². The van der Waals surface area contributed by atoms with E-state index in [-0.39, 0.29) is 21.7 Å². The second-order valence-electron chi connectivity index (χ2n) is 6.72. The van der Waals surface area contributed by atoms with Crippen molar-refractivity contribution in [1.29, 1.82) is 0 Å². The van der Waals surface area contributed by atoms with Crippen LogP contribution in [0.5, 0.6) is 0 Å². The van der Waals surface area contributed by atoms with Crippen molar-refractivity contribution in [1.82, 2.24) is 14.3 Å². The van der Waals surface area contributed by atoms with E-state index in [1.54, 1.807) is 16.4 Å². The van der Waals surface area contributed by atoms with Crippen molar-refractivity contribution in [3.8, 4) is 0 Å². The molecule has 3 rings (SSSR count). The zero-order chi connectivity index (χ0) is 21.0. The second-order valence-corrected chi connectivity index (χ2v) is 10.3. The Morgan fingerprint density at radius 1 is 1.31 bits per heavy atom. The van der Waals surface area contributed by atoms with Gasteiger partial charge < -0.3 is 5.32 Å². The number of aromatic nitrogens is 2. The molecular weight excluding hydrogens is 432 g/mol. The molecule has 1 aliphatic rings. The van der Waals surface area contributed by atoms with Gasteiger partial charge in [0.2, 0.25) is 10.0 Å². The Labute approximate surface area is 180 Å². The van der Waals surface area contributed by atoms with E-state index in [1.165, 1.54) is 30.1 Å². The molecule has 1 aromatic heterocycles. The lowest BCUT2D eigenvalue weighted by Gasteiger charge is -2.32. The number of nitrogens with zero attached hydrogens (tertiary/aromatic N) is 3. The van der Waals surface area contributed by atoms with Crippen LogP contribution < -0.4 is 5.32 Å². The zero-order valence-electron chi connectivity index (χ0n) is 16.3. The SMILES string of the molecule is CCSc1ncc(Cl)c(C(=O)Nc2ccc(S(=O)(=O)N3CCCC[C@H]3C)cc2)n1. The van der Waals surface area contributed by atoms with Gasteiger partial charge in [0.05, 0.1) is 16.1 Å². The molecule has 156 valence electrons. The van der Waals surface area contributed by atoms with Gasteiger partial charge in [-0.05, 0) is 49.8 Å². The summed E-state index contributed by atoms with van der Waals surface area (Å²) in [7, 11) is -3.55. The van der Waals surface area contributed by atoms with Gasteiger partial charge in [0.1, 0.15) is 0 Å². The van der Waals surface area contributed by atoms with Gasteiger partial charge in [-0.25, -0.2) is 18.4 Å². The fourth-order valence-electron chi connectivity index (χ4n) is 3.17. The summed E-state index contributed by atoms with van der Waals surface area (Å²) in [4.78, 5) is 21.0. The van der Waals surface area contributed by atoms with Crippen LogP contribution in [0.15, 0.2) is 40.5 Å². The standard InChI is InChI=1S/C19H23ClN4O3S2/c1-3-28-19-21-12-16(20)17(23-19)18(25)22-14-7-9-15(10-8-14)29(26,27)24-11-5-4-6-13(24)2/h7-10,12-13H,3-6,11H2,1-2H3,(H,22,25)/t13-/m1/s1. The number of carbonyl (C=O) groups excluding carboxylic acids is 1. The van der Waals surface area contributed by atoms with E-state index in [2.05, 4.69) is 15.3 Å². The quantitative estimate of drug-likeness (QED) is 0.522. The summed E-state index contributed by atoms with van der Waals surface area (Å²) in [6.07, 6.45) is 4.18. The van der Waals surface area contributed by atoms with Crippen LogP contribution in [0.1, 0.15) is 43.6 Å². The van der Waals surface area contributed by atoms with E-state index in [0.29, 0.717) is 17.4 Å². The number of rotatable bonds is 6. The third kappa shape index (κ3) is 5.09. The van der Waals surface area contributed by atoms with Gasteiger partial charge in [0.15, 0.2) is 10.9 Å². The molecule has 1 saturated heterocycles. The Balaban J connectivity index is 1.75. The number of halogens is 1. The first-order chi connectivity index (χ1) is 13.8. The largest absolute Gasteiger partial charge is 0.321 e. The van der Waals surface area contributed by atoms with Crippen molar-refractivity contribution in [2.75, 3.05) is 17.6 Å². The van der Waals surface area contributed by atoms with Crippen LogP contribution in [0, 0.1) is 0 Å². The Kier molecular flexibility index (Phi) is 7.15. The first kappa shape index (κ1) is 22.0.